The zero-order valence-electron chi connectivity index (χ0n) is 14.4. The van der Waals surface area contributed by atoms with Crippen molar-refractivity contribution in [2.45, 2.75) is 72.0 Å². The van der Waals surface area contributed by atoms with Gasteiger partial charge in [-0.25, -0.2) is 0 Å². The first-order valence-electron chi connectivity index (χ1n) is 8.59. The molecule has 1 fully saturated rings. The molecule has 1 aromatic rings. The Morgan fingerprint density at radius 3 is 2.48 bits per heavy atom. The van der Waals surface area contributed by atoms with Crippen molar-refractivity contribution in [3.05, 3.63) is 34.9 Å². The Morgan fingerprint density at radius 1 is 1.19 bits per heavy atom. The van der Waals surface area contributed by atoms with E-state index in [4.69, 9.17) is 0 Å². The fourth-order valence-corrected chi connectivity index (χ4v) is 3.70. The third-order valence-corrected chi connectivity index (χ3v) is 5.03. The van der Waals surface area contributed by atoms with E-state index in [0.717, 1.165) is 13.1 Å². The van der Waals surface area contributed by atoms with Crippen LogP contribution in [-0.2, 0) is 0 Å². The summed E-state index contributed by atoms with van der Waals surface area (Å²) in [5.74, 6) is 0. The molecule has 1 aromatic carbocycles. The zero-order chi connectivity index (χ0) is 15.4. The summed E-state index contributed by atoms with van der Waals surface area (Å²) in [6.45, 7) is 13.6. The van der Waals surface area contributed by atoms with E-state index in [1.807, 2.05) is 0 Å². The Labute approximate surface area is 130 Å². The number of likely N-dealkylation sites (N-methyl/N-ethyl adjacent to an activating group) is 1. The molecule has 118 valence electrons. The number of aryl methyl sites for hydroxylation is 2. The van der Waals surface area contributed by atoms with Gasteiger partial charge >= 0.3 is 0 Å². The standard InChI is InChI=1S/C19H32N2/c1-6-20-19(18-12-14(2)10-11-15(18)3)13-21-16(4)8-7-9-17(21)5/h10-12,16-17,19-20H,6-9,13H2,1-5H3/t16-,17+,19?. The number of piperidine rings is 1. The average molecular weight is 288 g/mol. The highest BCUT2D eigenvalue weighted by atomic mass is 15.2. The Morgan fingerprint density at radius 2 is 1.86 bits per heavy atom. The lowest BCUT2D eigenvalue weighted by molar-refractivity contribution is 0.0910. The highest BCUT2D eigenvalue weighted by molar-refractivity contribution is 5.33. The minimum Gasteiger partial charge on any atom is -0.309 e. The van der Waals surface area contributed by atoms with Crippen LogP contribution in [0.2, 0.25) is 0 Å². The molecule has 0 radical (unpaired) electrons. The molecule has 0 amide bonds. The van der Waals surface area contributed by atoms with E-state index < -0.39 is 0 Å². The first kappa shape index (κ1) is 16.5. The van der Waals surface area contributed by atoms with E-state index >= 15 is 0 Å². The van der Waals surface area contributed by atoms with Gasteiger partial charge in [0, 0.05) is 24.7 Å². The summed E-state index contributed by atoms with van der Waals surface area (Å²) in [5, 5.41) is 3.71. The molecule has 0 spiro atoms. The number of rotatable bonds is 5. The van der Waals surface area contributed by atoms with Crippen LogP contribution in [0, 0.1) is 13.8 Å². The van der Waals surface area contributed by atoms with Gasteiger partial charge in [0.2, 0.25) is 0 Å². The number of nitrogens with zero attached hydrogens (tertiary/aromatic N) is 1. The second kappa shape index (κ2) is 7.42. The maximum absolute atomic E-state index is 3.71. The van der Waals surface area contributed by atoms with Crippen molar-refractivity contribution < 1.29 is 0 Å². The van der Waals surface area contributed by atoms with Crippen molar-refractivity contribution in [1.29, 1.82) is 0 Å². The van der Waals surface area contributed by atoms with Gasteiger partial charge in [0.1, 0.15) is 0 Å². The minimum absolute atomic E-state index is 0.442. The largest absolute Gasteiger partial charge is 0.309 e. The van der Waals surface area contributed by atoms with E-state index in [1.54, 1.807) is 0 Å². The van der Waals surface area contributed by atoms with Crippen LogP contribution in [-0.4, -0.2) is 30.1 Å². The first-order valence-corrected chi connectivity index (χ1v) is 8.59. The molecule has 1 aliphatic heterocycles. The van der Waals surface area contributed by atoms with Gasteiger partial charge in [-0.3, -0.25) is 4.90 Å². The van der Waals surface area contributed by atoms with E-state index in [2.05, 4.69) is 63.0 Å². The van der Waals surface area contributed by atoms with Crippen LogP contribution in [0.4, 0.5) is 0 Å². The van der Waals surface area contributed by atoms with Crippen LogP contribution >= 0.6 is 0 Å². The molecule has 1 heterocycles. The van der Waals surface area contributed by atoms with Gasteiger partial charge in [-0.05, 0) is 58.2 Å². The average Bonchev–Trinajstić information content (AvgIpc) is 2.44. The molecule has 0 saturated carbocycles. The van der Waals surface area contributed by atoms with Crippen LogP contribution in [0.1, 0.15) is 62.8 Å². The summed E-state index contributed by atoms with van der Waals surface area (Å²) in [6.07, 6.45) is 4.07. The normalized spacial score (nSPS) is 25.0. The van der Waals surface area contributed by atoms with E-state index in [-0.39, 0.29) is 0 Å². The van der Waals surface area contributed by atoms with Crippen LogP contribution in [0.5, 0.6) is 0 Å². The third kappa shape index (κ3) is 4.08. The summed E-state index contributed by atoms with van der Waals surface area (Å²) >= 11 is 0. The highest BCUT2D eigenvalue weighted by Crippen LogP contribution is 2.27. The van der Waals surface area contributed by atoms with Gasteiger partial charge in [0.25, 0.3) is 0 Å². The summed E-state index contributed by atoms with van der Waals surface area (Å²) in [5.41, 5.74) is 4.24. The van der Waals surface area contributed by atoms with Crippen molar-refractivity contribution >= 4 is 0 Å². The number of hydrogen-bond donors (Lipinski definition) is 1. The Kier molecular flexibility index (Phi) is 5.83. The quantitative estimate of drug-likeness (QED) is 0.873. The van der Waals surface area contributed by atoms with Crippen LogP contribution in [0.15, 0.2) is 18.2 Å². The van der Waals surface area contributed by atoms with E-state index in [9.17, 15) is 0 Å². The van der Waals surface area contributed by atoms with Gasteiger partial charge in [0.05, 0.1) is 0 Å². The Balaban J connectivity index is 2.20. The molecule has 1 unspecified atom stereocenters. The predicted molar refractivity (Wildman–Crippen MR) is 91.8 cm³/mol. The summed E-state index contributed by atoms with van der Waals surface area (Å²) in [6, 6.07) is 8.70. The molecule has 2 heteroatoms. The molecule has 0 bridgehead atoms. The Hall–Kier alpha value is -0.860. The van der Waals surface area contributed by atoms with Crippen LogP contribution in [0.25, 0.3) is 0 Å². The van der Waals surface area contributed by atoms with Gasteiger partial charge in [-0.1, -0.05) is 37.1 Å². The van der Waals surface area contributed by atoms with Crippen LogP contribution < -0.4 is 5.32 Å². The van der Waals surface area contributed by atoms with Gasteiger partial charge in [-0.15, -0.1) is 0 Å². The second-order valence-corrected chi connectivity index (χ2v) is 6.80. The van der Waals surface area contributed by atoms with Crippen molar-refractivity contribution in [3.8, 4) is 0 Å². The van der Waals surface area contributed by atoms with Crippen molar-refractivity contribution in [3.63, 3.8) is 0 Å². The number of likely N-dealkylation sites (tertiary alicyclic amines) is 1. The number of nitrogens with one attached hydrogen (secondary N) is 1. The van der Waals surface area contributed by atoms with Crippen molar-refractivity contribution in [2.24, 2.45) is 0 Å². The molecule has 1 saturated heterocycles. The topological polar surface area (TPSA) is 15.3 Å². The van der Waals surface area contributed by atoms with Gasteiger partial charge in [0.15, 0.2) is 0 Å². The van der Waals surface area contributed by atoms with Gasteiger partial charge < -0.3 is 5.32 Å². The van der Waals surface area contributed by atoms with E-state index in [1.165, 1.54) is 36.0 Å². The summed E-state index contributed by atoms with van der Waals surface area (Å²) in [7, 11) is 0. The van der Waals surface area contributed by atoms with Crippen molar-refractivity contribution in [1.82, 2.24) is 10.2 Å². The molecule has 2 rings (SSSR count). The molecule has 1 N–H and O–H groups in total. The minimum atomic E-state index is 0.442. The third-order valence-electron chi connectivity index (χ3n) is 5.03. The van der Waals surface area contributed by atoms with Gasteiger partial charge in [-0.2, -0.15) is 0 Å². The fraction of sp³-hybridized carbons (Fsp3) is 0.684. The maximum atomic E-state index is 3.71. The molecule has 1 aliphatic rings. The summed E-state index contributed by atoms with van der Waals surface area (Å²) in [4.78, 5) is 2.71. The van der Waals surface area contributed by atoms with Crippen LogP contribution in [0.3, 0.4) is 0 Å². The maximum Gasteiger partial charge on any atom is 0.0452 e. The fourth-order valence-electron chi connectivity index (χ4n) is 3.70. The predicted octanol–water partition coefficient (Wildman–Crippen LogP) is 4.22. The lowest BCUT2D eigenvalue weighted by Crippen LogP contribution is -2.47. The second-order valence-electron chi connectivity index (χ2n) is 6.80. The molecule has 0 aliphatic carbocycles. The molecular formula is C19H32N2. The zero-order valence-corrected chi connectivity index (χ0v) is 14.4. The molecule has 0 aromatic heterocycles. The molecule has 2 nitrogen and oxygen atoms in total. The smallest absolute Gasteiger partial charge is 0.0452 e. The van der Waals surface area contributed by atoms with E-state index in [0.29, 0.717) is 18.1 Å². The molecule has 3 atom stereocenters. The SMILES string of the molecule is CCNC(CN1[C@H](C)CCC[C@@H]1C)c1cc(C)ccc1C. The Bertz CT molecular complexity index is 445. The van der Waals surface area contributed by atoms with Crippen molar-refractivity contribution in [2.75, 3.05) is 13.1 Å². The number of hydrogen-bond acceptors (Lipinski definition) is 2. The molecule has 21 heavy (non-hydrogen) atoms. The number of benzene rings is 1. The monoisotopic (exact) mass is 288 g/mol. The lowest BCUT2D eigenvalue weighted by Gasteiger charge is -2.41. The highest BCUT2D eigenvalue weighted by Gasteiger charge is 2.27. The molecular weight excluding hydrogens is 256 g/mol. The first-order chi connectivity index (χ1) is 10.0. The lowest BCUT2D eigenvalue weighted by atomic mass is 9.93. The summed E-state index contributed by atoms with van der Waals surface area (Å²) < 4.78 is 0.